The summed E-state index contributed by atoms with van der Waals surface area (Å²) in [5.74, 6) is -2.49. The zero-order valence-corrected chi connectivity index (χ0v) is 24.3. The average Bonchev–Trinajstić information content (AvgIpc) is 2.93. The second-order valence-corrected chi connectivity index (χ2v) is 11.2. The summed E-state index contributed by atoms with van der Waals surface area (Å²) >= 11 is 0. The molecule has 1 N–H and O–H groups in total. The lowest BCUT2D eigenvalue weighted by atomic mass is 9.79. The Morgan fingerprint density at radius 1 is 0.878 bits per heavy atom. The number of esters is 2. The fourth-order valence-corrected chi connectivity index (χ4v) is 5.54. The highest BCUT2D eigenvalue weighted by Gasteiger charge is 2.40. The number of carbonyl (C=O) groups is 2. The quantitative estimate of drug-likeness (QED) is 0.114. The van der Waals surface area contributed by atoms with Crippen molar-refractivity contribution in [1.29, 1.82) is 0 Å². The number of hydrogen-bond acceptors (Lipinski definition) is 10. The Morgan fingerprint density at radius 3 is 2.07 bits per heavy atom. The fraction of sp³-hybridized carbons (Fsp3) is 0.379. The van der Waals surface area contributed by atoms with Gasteiger partial charge in [-0.25, -0.2) is 9.59 Å². The molecule has 12 heteroatoms. The van der Waals surface area contributed by atoms with Crippen molar-refractivity contribution in [2.75, 3.05) is 20.3 Å². The van der Waals surface area contributed by atoms with E-state index in [1.165, 1.54) is 37.4 Å². The van der Waals surface area contributed by atoms with Gasteiger partial charge in [0.15, 0.2) is 0 Å². The SMILES string of the molecule is COC(=O)C1=C(C)NC(C)=C(C(=O)OCCCCCCOS(=O)(=O)c2ccc(C)cc2)C1c1ccccc1[N+](=O)[O-]. The third-order valence-electron chi connectivity index (χ3n) is 6.65. The van der Waals surface area contributed by atoms with Gasteiger partial charge in [0.2, 0.25) is 0 Å². The lowest BCUT2D eigenvalue weighted by molar-refractivity contribution is -0.385. The summed E-state index contributed by atoms with van der Waals surface area (Å²) in [6.45, 7) is 5.24. The molecule has 1 atom stereocenters. The summed E-state index contributed by atoms with van der Waals surface area (Å²) in [5, 5.41) is 14.8. The molecule has 1 heterocycles. The molecule has 41 heavy (non-hydrogen) atoms. The molecule has 0 aromatic heterocycles. The molecule has 0 saturated carbocycles. The molecule has 0 spiro atoms. The lowest BCUT2D eigenvalue weighted by Gasteiger charge is -2.30. The van der Waals surface area contributed by atoms with Gasteiger partial charge < -0.3 is 14.8 Å². The standard InChI is InChI=1S/C29H34N2O9S/c1-19-13-15-22(16-14-19)41(36,37)40-18-10-6-5-9-17-39-29(33)26-21(3)30-20(2)25(28(32)38-4)27(26)23-11-7-8-12-24(23)31(34)35/h7-8,11-16,27,30H,5-6,9-10,17-18H2,1-4H3. The molecule has 1 unspecified atom stereocenters. The molecule has 0 bridgehead atoms. The van der Waals surface area contributed by atoms with Gasteiger partial charge >= 0.3 is 11.9 Å². The zero-order chi connectivity index (χ0) is 30.2. The molecule has 3 rings (SSSR count). The molecule has 0 radical (unpaired) electrons. The van der Waals surface area contributed by atoms with Crippen LogP contribution in [0.2, 0.25) is 0 Å². The number of allylic oxidation sites excluding steroid dienone is 2. The van der Waals surface area contributed by atoms with Crippen LogP contribution in [0.25, 0.3) is 0 Å². The van der Waals surface area contributed by atoms with Gasteiger partial charge in [-0.15, -0.1) is 0 Å². The monoisotopic (exact) mass is 586 g/mol. The van der Waals surface area contributed by atoms with E-state index in [4.69, 9.17) is 13.7 Å². The molecule has 0 amide bonds. The number of nitro groups is 1. The van der Waals surface area contributed by atoms with Crippen LogP contribution in [0.3, 0.4) is 0 Å². The highest BCUT2D eigenvalue weighted by atomic mass is 32.2. The van der Waals surface area contributed by atoms with Crippen molar-refractivity contribution < 1.29 is 36.6 Å². The van der Waals surface area contributed by atoms with Crippen LogP contribution >= 0.6 is 0 Å². The summed E-state index contributed by atoms with van der Waals surface area (Å²) in [5.41, 5.74) is 1.88. The normalized spacial score (nSPS) is 15.4. The number of carbonyl (C=O) groups excluding carboxylic acids is 2. The number of nitrogens with zero attached hydrogens (tertiary/aromatic N) is 1. The van der Waals surface area contributed by atoms with Crippen LogP contribution in [0.4, 0.5) is 5.69 Å². The van der Waals surface area contributed by atoms with Gasteiger partial charge in [-0.1, -0.05) is 42.3 Å². The molecular weight excluding hydrogens is 552 g/mol. The number of para-hydroxylation sites is 1. The number of nitrogens with one attached hydrogen (secondary N) is 1. The number of benzene rings is 2. The van der Waals surface area contributed by atoms with Crippen molar-refractivity contribution in [3.05, 3.63) is 92.3 Å². The zero-order valence-electron chi connectivity index (χ0n) is 23.5. The van der Waals surface area contributed by atoms with Crippen molar-refractivity contribution in [3.63, 3.8) is 0 Å². The second kappa shape index (κ2) is 14.0. The Balaban J connectivity index is 1.60. The van der Waals surface area contributed by atoms with E-state index in [0.29, 0.717) is 37.1 Å². The first-order valence-corrected chi connectivity index (χ1v) is 14.5. The first kappa shape index (κ1) is 31.5. The predicted molar refractivity (Wildman–Crippen MR) is 150 cm³/mol. The van der Waals surface area contributed by atoms with E-state index in [1.54, 1.807) is 32.0 Å². The number of unbranched alkanes of at least 4 members (excludes halogenated alkanes) is 3. The second-order valence-electron chi connectivity index (χ2n) is 9.58. The van der Waals surface area contributed by atoms with Gasteiger partial charge in [0.25, 0.3) is 15.8 Å². The van der Waals surface area contributed by atoms with Crippen LogP contribution in [-0.4, -0.2) is 45.6 Å². The van der Waals surface area contributed by atoms with Crippen molar-refractivity contribution in [2.24, 2.45) is 0 Å². The first-order chi connectivity index (χ1) is 19.5. The predicted octanol–water partition coefficient (Wildman–Crippen LogP) is 4.82. The Hall–Kier alpha value is -4.03. The molecule has 2 aromatic carbocycles. The van der Waals surface area contributed by atoms with E-state index in [9.17, 15) is 28.1 Å². The number of aryl methyl sites for hydroxylation is 1. The highest BCUT2D eigenvalue weighted by molar-refractivity contribution is 7.86. The topological polar surface area (TPSA) is 151 Å². The van der Waals surface area contributed by atoms with Crippen molar-refractivity contribution in [2.45, 2.75) is 57.3 Å². The Kier molecular flexibility index (Phi) is 10.8. The van der Waals surface area contributed by atoms with Crippen LogP contribution in [0.15, 0.2) is 76.0 Å². The number of rotatable bonds is 13. The average molecular weight is 587 g/mol. The number of nitro benzene ring substituents is 1. The Bertz CT molecular complexity index is 1460. The molecule has 1 aliphatic rings. The maximum absolute atomic E-state index is 13.3. The summed E-state index contributed by atoms with van der Waals surface area (Å²) in [6, 6.07) is 12.3. The van der Waals surface area contributed by atoms with Gasteiger partial charge in [-0.3, -0.25) is 14.3 Å². The molecule has 2 aromatic rings. The minimum Gasteiger partial charge on any atom is -0.466 e. The third-order valence-corrected chi connectivity index (χ3v) is 7.98. The summed E-state index contributed by atoms with van der Waals surface area (Å²) in [6.07, 6.45) is 2.31. The van der Waals surface area contributed by atoms with Gasteiger partial charge in [0.05, 0.1) is 47.2 Å². The number of ether oxygens (including phenoxy) is 2. The van der Waals surface area contributed by atoms with Crippen LogP contribution in [0.5, 0.6) is 0 Å². The Morgan fingerprint density at radius 2 is 1.46 bits per heavy atom. The highest BCUT2D eigenvalue weighted by Crippen LogP contribution is 2.42. The molecule has 0 fully saturated rings. The first-order valence-electron chi connectivity index (χ1n) is 13.1. The van der Waals surface area contributed by atoms with Crippen LogP contribution < -0.4 is 5.32 Å². The molecule has 0 aliphatic carbocycles. The van der Waals surface area contributed by atoms with E-state index in [1.807, 2.05) is 6.92 Å². The minimum atomic E-state index is -3.82. The van der Waals surface area contributed by atoms with Crippen LogP contribution in [-0.2, 0) is 33.4 Å². The maximum Gasteiger partial charge on any atom is 0.336 e. The smallest absolute Gasteiger partial charge is 0.336 e. The van der Waals surface area contributed by atoms with Gasteiger partial charge in [-0.05, 0) is 52.2 Å². The number of hydrogen-bond donors (Lipinski definition) is 1. The van der Waals surface area contributed by atoms with E-state index < -0.39 is 32.9 Å². The summed E-state index contributed by atoms with van der Waals surface area (Å²) in [7, 11) is -2.62. The van der Waals surface area contributed by atoms with Gasteiger partial charge in [-0.2, -0.15) is 8.42 Å². The molecule has 220 valence electrons. The van der Waals surface area contributed by atoms with Gasteiger partial charge in [0.1, 0.15) is 0 Å². The van der Waals surface area contributed by atoms with Crippen LogP contribution in [0, 0.1) is 17.0 Å². The van der Waals surface area contributed by atoms with Crippen molar-refractivity contribution in [1.82, 2.24) is 5.32 Å². The van der Waals surface area contributed by atoms with Crippen molar-refractivity contribution in [3.8, 4) is 0 Å². The van der Waals surface area contributed by atoms with Gasteiger partial charge in [0, 0.05) is 23.0 Å². The van der Waals surface area contributed by atoms with E-state index in [0.717, 1.165) is 5.56 Å². The fourth-order valence-electron chi connectivity index (χ4n) is 4.60. The minimum absolute atomic E-state index is 0.0350. The maximum atomic E-state index is 13.3. The van der Waals surface area contributed by atoms with Crippen molar-refractivity contribution >= 4 is 27.7 Å². The summed E-state index contributed by atoms with van der Waals surface area (Å²) in [4.78, 5) is 37.4. The van der Waals surface area contributed by atoms with Crippen LogP contribution in [0.1, 0.15) is 56.6 Å². The third kappa shape index (κ3) is 7.80. The van der Waals surface area contributed by atoms with E-state index in [2.05, 4.69) is 5.32 Å². The number of dihydropyridines is 1. The molecule has 1 aliphatic heterocycles. The molecular formula is C29H34N2O9S. The number of methoxy groups -OCH3 is 1. The summed E-state index contributed by atoms with van der Waals surface area (Å²) < 4.78 is 40.1. The molecule has 0 saturated heterocycles. The molecule has 11 nitrogen and oxygen atoms in total. The lowest BCUT2D eigenvalue weighted by Crippen LogP contribution is -2.32. The van der Waals surface area contributed by atoms with E-state index in [-0.39, 0.29) is 40.5 Å². The van der Waals surface area contributed by atoms with E-state index >= 15 is 0 Å². The Labute approximate surface area is 239 Å². The largest absolute Gasteiger partial charge is 0.466 e.